The van der Waals surface area contributed by atoms with E-state index in [0.29, 0.717) is 47.1 Å². The number of hydrogen-bond donors (Lipinski definition) is 1. The standard InChI is InChI=1S/C35H43F2NO5/c1-4-9-25-10-14-27(15-11-25)28-21-30(36)34(31(37)22-28)43-33(39)17-13-26-12-16-32(29(20-26)23-38)41-18-7-5-6-8-19-42-35(40)24(2)3/h12-13,16-17,20-23,25,27,38H,2,4-11,14-15,18-19H2,1,3H3/b17-13+,38-23?. The zero-order chi connectivity index (χ0) is 31.2. The van der Waals surface area contributed by atoms with Crippen LogP contribution in [0.15, 0.2) is 48.6 Å². The van der Waals surface area contributed by atoms with Crippen molar-refractivity contribution in [3.8, 4) is 11.5 Å². The lowest BCUT2D eigenvalue weighted by atomic mass is 9.77. The van der Waals surface area contributed by atoms with Crippen molar-refractivity contribution in [2.75, 3.05) is 13.2 Å². The number of esters is 2. The highest BCUT2D eigenvalue weighted by Crippen LogP contribution is 2.39. The topological polar surface area (TPSA) is 85.7 Å². The van der Waals surface area contributed by atoms with Crippen LogP contribution in [0.1, 0.15) is 101 Å². The molecule has 1 aliphatic rings. The molecule has 0 radical (unpaired) electrons. The molecule has 0 bridgehead atoms. The van der Waals surface area contributed by atoms with Crippen molar-refractivity contribution in [2.45, 2.75) is 84.0 Å². The van der Waals surface area contributed by atoms with Crippen LogP contribution in [0.3, 0.4) is 0 Å². The second-order valence-electron chi connectivity index (χ2n) is 11.2. The van der Waals surface area contributed by atoms with E-state index in [1.54, 1.807) is 25.1 Å². The number of benzene rings is 2. The summed E-state index contributed by atoms with van der Waals surface area (Å²) in [5, 5.41) is 7.72. The quantitative estimate of drug-likeness (QED) is 0.0690. The Kier molecular flexibility index (Phi) is 13.6. The third-order valence-corrected chi connectivity index (χ3v) is 7.72. The van der Waals surface area contributed by atoms with Gasteiger partial charge in [-0.3, -0.25) is 0 Å². The Hall–Kier alpha value is -3.81. The third-order valence-electron chi connectivity index (χ3n) is 7.72. The first-order chi connectivity index (χ1) is 20.7. The fourth-order valence-corrected chi connectivity index (χ4v) is 5.35. The minimum absolute atomic E-state index is 0.113. The van der Waals surface area contributed by atoms with Gasteiger partial charge in [-0.1, -0.05) is 32.4 Å². The lowest BCUT2D eigenvalue weighted by molar-refractivity contribution is -0.139. The smallest absolute Gasteiger partial charge is 0.336 e. The van der Waals surface area contributed by atoms with E-state index < -0.39 is 23.4 Å². The van der Waals surface area contributed by atoms with E-state index in [2.05, 4.69) is 13.5 Å². The number of carbonyl (C=O) groups is 2. The van der Waals surface area contributed by atoms with Gasteiger partial charge in [0.05, 0.1) is 13.2 Å². The molecule has 1 aliphatic carbocycles. The molecule has 0 saturated heterocycles. The number of rotatable bonds is 16. The number of unbranched alkanes of at least 4 members (excludes halogenated alkanes) is 3. The van der Waals surface area contributed by atoms with Crippen LogP contribution in [-0.4, -0.2) is 31.4 Å². The molecule has 1 saturated carbocycles. The second kappa shape index (κ2) is 17.3. The van der Waals surface area contributed by atoms with Crippen molar-refractivity contribution in [3.05, 3.63) is 76.9 Å². The Morgan fingerprint density at radius 1 is 1.00 bits per heavy atom. The van der Waals surface area contributed by atoms with Crippen molar-refractivity contribution in [2.24, 2.45) is 5.92 Å². The molecule has 0 aliphatic heterocycles. The SMILES string of the molecule is C=C(C)C(=O)OCCCCCCOc1ccc(/C=C/C(=O)Oc2c(F)cc(C3CCC(CCC)CC3)cc2F)cc1C=N. The zero-order valence-corrected chi connectivity index (χ0v) is 25.3. The van der Waals surface area contributed by atoms with Crippen LogP contribution in [0, 0.1) is 23.0 Å². The van der Waals surface area contributed by atoms with Gasteiger partial charge in [-0.15, -0.1) is 0 Å². The first-order valence-corrected chi connectivity index (χ1v) is 15.2. The molecule has 1 fully saturated rings. The van der Waals surface area contributed by atoms with E-state index in [4.69, 9.17) is 19.6 Å². The highest BCUT2D eigenvalue weighted by Gasteiger charge is 2.25. The summed E-state index contributed by atoms with van der Waals surface area (Å²) in [6, 6.07) is 7.67. The molecule has 0 amide bonds. The van der Waals surface area contributed by atoms with Crippen LogP contribution in [-0.2, 0) is 14.3 Å². The Morgan fingerprint density at radius 3 is 2.30 bits per heavy atom. The minimum Gasteiger partial charge on any atom is -0.493 e. The predicted octanol–water partition coefficient (Wildman–Crippen LogP) is 8.71. The van der Waals surface area contributed by atoms with Crippen molar-refractivity contribution in [3.63, 3.8) is 0 Å². The van der Waals surface area contributed by atoms with Gasteiger partial charge < -0.3 is 19.6 Å². The Labute approximate surface area is 253 Å². The minimum atomic E-state index is -0.906. The average Bonchev–Trinajstić information content (AvgIpc) is 2.99. The summed E-state index contributed by atoms with van der Waals surface area (Å²) in [5.74, 6) is -2.41. The number of hydrogen-bond acceptors (Lipinski definition) is 6. The first kappa shape index (κ1) is 33.7. The summed E-state index contributed by atoms with van der Waals surface area (Å²) >= 11 is 0. The van der Waals surface area contributed by atoms with E-state index in [1.807, 2.05) is 0 Å². The second-order valence-corrected chi connectivity index (χ2v) is 11.2. The molecule has 0 heterocycles. The lowest BCUT2D eigenvalue weighted by Gasteiger charge is -2.28. The summed E-state index contributed by atoms with van der Waals surface area (Å²) in [6.45, 7) is 8.16. The van der Waals surface area contributed by atoms with Crippen LogP contribution in [0.4, 0.5) is 8.78 Å². The summed E-state index contributed by atoms with van der Waals surface area (Å²) in [5.41, 5.74) is 2.13. The van der Waals surface area contributed by atoms with Crippen LogP contribution in [0.25, 0.3) is 6.08 Å². The van der Waals surface area contributed by atoms with Gasteiger partial charge in [-0.05, 0) is 112 Å². The highest BCUT2D eigenvalue weighted by molar-refractivity contribution is 5.90. The van der Waals surface area contributed by atoms with Crippen molar-refractivity contribution >= 4 is 24.2 Å². The molecule has 232 valence electrons. The monoisotopic (exact) mass is 595 g/mol. The molecule has 6 nitrogen and oxygen atoms in total. The van der Waals surface area contributed by atoms with Gasteiger partial charge in [0, 0.05) is 23.4 Å². The first-order valence-electron chi connectivity index (χ1n) is 15.2. The molecular formula is C35H43F2NO5. The number of halogens is 2. The van der Waals surface area contributed by atoms with Crippen molar-refractivity contribution in [1.82, 2.24) is 0 Å². The van der Waals surface area contributed by atoms with Gasteiger partial charge in [-0.25, -0.2) is 18.4 Å². The molecule has 1 N–H and O–H groups in total. The lowest BCUT2D eigenvalue weighted by Crippen LogP contribution is -2.14. The molecule has 8 heteroatoms. The van der Waals surface area contributed by atoms with Gasteiger partial charge in [0.15, 0.2) is 11.6 Å². The molecule has 0 aromatic heterocycles. The highest BCUT2D eigenvalue weighted by atomic mass is 19.1. The van der Waals surface area contributed by atoms with Gasteiger partial charge >= 0.3 is 11.9 Å². The van der Waals surface area contributed by atoms with E-state index in [9.17, 15) is 18.4 Å². The largest absolute Gasteiger partial charge is 0.493 e. The van der Waals surface area contributed by atoms with Crippen molar-refractivity contribution in [1.29, 1.82) is 5.41 Å². The average molecular weight is 596 g/mol. The maximum Gasteiger partial charge on any atom is 0.336 e. The predicted molar refractivity (Wildman–Crippen MR) is 165 cm³/mol. The van der Waals surface area contributed by atoms with Gasteiger partial charge in [0.1, 0.15) is 5.75 Å². The molecule has 0 atom stereocenters. The molecule has 2 aromatic rings. The molecular weight excluding hydrogens is 552 g/mol. The van der Waals surface area contributed by atoms with E-state index in [0.717, 1.165) is 70.1 Å². The van der Waals surface area contributed by atoms with E-state index >= 15 is 0 Å². The van der Waals surface area contributed by atoms with Crippen molar-refractivity contribution < 1.29 is 32.6 Å². The van der Waals surface area contributed by atoms with Gasteiger partial charge in [-0.2, -0.15) is 0 Å². The summed E-state index contributed by atoms with van der Waals surface area (Å²) in [7, 11) is 0. The molecule has 0 unspecified atom stereocenters. The zero-order valence-electron chi connectivity index (χ0n) is 25.3. The van der Waals surface area contributed by atoms with E-state index in [-0.39, 0.29) is 11.9 Å². The van der Waals surface area contributed by atoms with Gasteiger partial charge in [0.2, 0.25) is 5.75 Å². The number of carbonyl (C=O) groups excluding carboxylic acids is 2. The Bertz CT molecular complexity index is 1270. The molecule has 3 rings (SSSR count). The Balaban J connectivity index is 1.47. The fourth-order valence-electron chi connectivity index (χ4n) is 5.35. The summed E-state index contributed by atoms with van der Waals surface area (Å²) < 4.78 is 45.5. The maximum atomic E-state index is 14.8. The van der Waals surface area contributed by atoms with Crippen LogP contribution in [0.2, 0.25) is 0 Å². The van der Waals surface area contributed by atoms with E-state index in [1.165, 1.54) is 24.6 Å². The van der Waals surface area contributed by atoms with Crippen LogP contribution < -0.4 is 9.47 Å². The van der Waals surface area contributed by atoms with Crippen LogP contribution >= 0.6 is 0 Å². The number of nitrogens with one attached hydrogen (secondary N) is 1. The Morgan fingerprint density at radius 2 is 1.67 bits per heavy atom. The number of ether oxygens (including phenoxy) is 3. The summed E-state index contributed by atoms with van der Waals surface area (Å²) in [4.78, 5) is 23.7. The van der Waals surface area contributed by atoms with Crippen LogP contribution in [0.5, 0.6) is 11.5 Å². The molecule has 2 aromatic carbocycles. The fraction of sp³-hybridized carbons (Fsp3) is 0.457. The van der Waals surface area contributed by atoms with Gasteiger partial charge in [0.25, 0.3) is 0 Å². The third kappa shape index (κ3) is 10.8. The molecule has 43 heavy (non-hydrogen) atoms. The summed E-state index contributed by atoms with van der Waals surface area (Å²) in [6.07, 6.45) is 13.3. The molecule has 0 spiro atoms. The maximum absolute atomic E-state index is 14.8. The normalized spacial score (nSPS) is 16.6.